The Hall–Kier alpha value is -5.85. The molecule has 0 bridgehead atoms. The molecule has 5 rings (SSSR count). The molecule has 0 aliphatic rings. The number of carbonyl (C=O) groups excluding carboxylic acids is 2. The van der Waals surface area contributed by atoms with Crippen LogP contribution >= 0.6 is 0 Å². The lowest BCUT2D eigenvalue weighted by Gasteiger charge is -2.26. The zero-order valence-corrected chi connectivity index (χ0v) is 35.6. The number of anilines is 3. The molecule has 1 aromatic heterocycles. The minimum Gasteiger partial charge on any atom is -0.459 e. The molecule has 59 heavy (non-hydrogen) atoms. The van der Waals surface area contributed by atoms with Crippen molar-refractivity contribution in [2.24, 2.45) is 11.8 Å². The van der Waals surface area contributed by atoms with Crippen molar-refractivity contribution in [1.29, 1.82) is 0 Å². The zero-order valence-electron chi connectivity index (χ0n) is 35.6. The molecule has 312 valence electrons. The van der Waals surface area contributed by atoms with Crippen molar-refractivity contribution in [3.8, 4) is 23.5 Å². The number of ether oxygens (including phenoxy) is 4. The maximum Gasteiger partial charge on any atom is 0.338 e. The molecule has 0 saturated heterocycles. The zero-order chi connectivity index (χ0) is 42.3. The molecule has 4 atom stereocenters. The van der Waals surface area contributed by atoms with Crippen molar-refractivity contribution in [3.63, 3.8) is 0 Å². The molecule has 0 saturated carbocycles. The Labute approximate surface area is 349 Å². The van der Waals surface area contributed by atoms with Crippen LogP contribution in [0.25, 0.3) is 0 Å². The molecule has 4 unspecified atom stereocenters. The number of aromatic nitrogens is 3. The predicted molar refractivity (Wildman–Crippen MR) is 231 cm³/mol. The fraction of sp³-hybridized carbons (Fsp3) is 0.383. The number of carbonyl (C=O) groups is 2. The highest BCUT2D eigenvalue weighted by atomic mass is 16.5. The van der Waals surface area contributed by atoms with E-state index >= 15 is 0 Å². The minimum absolute atomic E-state index is 0.0379. The Bertz CT molecular complexity index is 1900. The third-order valence-corrected chi connectivity index (χ3v) is 10.5. The molecular weight excluding hydrogens is 745 g/mol. The molecule has 0 amide bonds. The first-order chi connectivity index (χ1) is 28.5. The highest BCUT2D eigenvalue weighted by Gasteiger charge is 2.23. The van der Waals surface area contributed by atoms with E-state index in [1.165, 1.54) is 0 Å². The Morgan fingerprint density at radius 2 is 0.864 bits per heavy atom. The Morgan fingerprint density at radius 3 is 1.20 bits per heavy atom. The van der Waals surface area contributed by atoms with Gasteiger partial charge in [0.2, 0.25) is 5.95 Å². The number of benzene rings is 4. The van der Waals surface area contributed by atoms with Crippen molar-refractivity contribution in [2.75, 3.05) is 44.2 Å². The first kappa shape index (κ1) is 44.3. The number of hydrogen-bond acceptors (Lipinski definition) is 12. The van der Waals surface area contributed by atoms with Crippen LogP contribution in [0.5, 0.6) is 23.5 Å². The lowest BCUT2D eigenvalue weighted by Crippen LogP contribution is -2.34. The van der Waals surface area contributed by atoms with Crippen LogP contribution in [0.4, 0.5) is 17.3 Å². The van der Waals surface area contributed by atoms with Gasteiger partial charge in [-0.1, -0.05) is 77.9 Å². The summed E-state index contributed by atoms with van der Waals surface area (Å²) in [6.07, 6.45) is -0.521. The molecule has 0 aliphatic heterocycles. The SMILES string of the molecule is CCN(CC)CC(C)C(C)OC(=O)c1ccc(Oc2nc(Oc3ccc(C(=O)OC(C)C(C)CN(CC)CC)cc3)nc(N(c3ccccc3)c3ccccc3)n2)cc1. The van der Waals surface area contributed by atoms with Crippen LogP contribution in [0, 0.1) is 11.8 Å². The van der Waals surface area contributed by atoms with Gasteiger partial charge in [0.25, 0.3) is 0 Å². The van der Waals surface area contributed by atoms with Crippen LogP contribution in [0.15, 0.2) is 109 Å². The van der Waals surface area contributed by atoms with Crippen molar-refractivity contribution in [2.45, 2.75) is 67.6 Å². The summed E-state index contributed by atoms with van der Waals surface area (Å²) in [4.78, 5) is 46.6. The van der Waals surface area contributed by atoms with Crippen molar-refractivity contribution in [3.05, 3.63) is 120 Å². The van der Waals surface area contributed by atoms with Crippen LogP contribution in [0.2, 0.25) is 0 Å². The average Bonchev–Trinajstić information content (AvgIpc) is 3.25. The predicted octanol–water partition coefficient (Wildman–Crippen LogP) is 9.97. The summed E-state index contributed by atoms with van der Waals surface area (Å²) in [5, 5.41) is 0. The van der Waals surface area contributed by atoms with Crippen molar-refractivity contribution in [1.82, 2.24) is 24.8 Å². The van der Waals surface area contributed by atoms with E-state index in [0.29, 0.717) is 22.6 Å². The fourth-order valence-corrected chi connectivity index (χ4v) is 6.36. The smallest absolute Gasteiger partial charge is 0.338 e. The topological polar surface area (TPSA) is 119 Å². The molecule has 0 fully saturated rings. The van der Waals surface area contributed by atoms with Gasteiger partial charge in [-0.15, -0.1) is 4.98 Å². The monoisotopic (exact) mass is 802 g/mol. The molecule has 1 heterocycles. The number of esters is 2. The van der Waals surface area contributed by atoms with Gasteiger partial charge in [0.15, 0.2) is 0 Å². The van der Waals surface area contributed by atoms with Crippen molar-refractivity contribution >= 4 is 29.3 Å². The highest BCUT2D eigenvalue weighted by Crippen LogP contribution is 2.35. The Kier molecular flexibility index (Phi) is 16.3. The second kappa shape index (κ2) is 21.8. The summed E-state index contributed by atoms with van der Waals surface area (Å²) in [5.41, 5.74) is 2.40. The normalized spacial score (nSPS) is 13.3. The van der Waals surface area contributed by atoms with Gasteiger partial charge in [-0.25, -0.2) is 9.59 Å². The van der Waals surface area contributed by atoms with E-state index < -0.39 is 11.9 Å². The molecule has 0 spiro atoms. The lowest BCUT2D eigenvalue weighted by atomic mass is 10.1. The molecular formula is C47H58N6O6. The minimum atomic E-state index is -0.409. The van der Waals surface area contributed by atoms with Gasteiger partial charge in [-0.3, -0.25) is 4.90 Å². The summed E-state index contributed by atoms with van der Waals surface area (Å²) < 4.78 is 24.0. The molecule has 0 radical (unpaired) electrons. The lowest BCUT2D eigenvalue weighted by molar-refractivity contribution is 0.0163. The first-order valence-electron chi connectivity index (χ1n) is 20.6. The van der Waals surface area contributed by atoms with Crippen LogP contribution in [-0.2, 0) is 9.47 Å². The number of hydrogen-bond donors (Lipinski definition) is 0. The average molecular weight is 803 g/mol. The van der Waals surface area contributed by atoms with E-state index in [-0.39, 0.29) is 42.0 Å². The molecule has 4 aromatic carbocycles. The van der Waals surface area contributed by atoms with Gasteiger partial charge in [0.05, 0.1) is 11.1 Å². The molecule has 12 heteroatoms. The highest BCUT2D eigenvalue weighted by molar-refractivity contribution is 5.90. The van der Waals surface area contributed by atoms with E-state index in [2.05, 4.69) is 56.3 Å². The third-order valence-electron chi connectivity index (χ3n) is 10.5. The maximum absolute atomic E-state index is 13.1. The van der Waals surface area contributed by atoms with Gasteiger partial charge in [-0.05, 0) is 113 Å². The number of rotatable bonds is 21. The maximum atomic E-state index is 13.1. The quantitative estimate of drug-likeness (QED) is 0.0657. The van der Waals surface area contributed by atoms with Crippen molar-refractivity contribution < 1.29 is 28.5 Å². The van der Waals surface area contributed by atoms with E-state index in [4.69, 9.17) is 28.9 Å². The fourth-order valence-electron chi connectivity index (χ4n) is 6.36. The van der Waals surface area contributed by atoms with Gasteiger partial charge in [0.1, 0.15) is 23.7 Å². The summed E-state index contributed by atoms with van der Waals surface area (Å²) in [5.74, 6) is 0.541. The third kappa shape index (κ3) is 12.6. The second-order valence-electron chi connectivity index (χ2n) is 14.6. The van der Waals surface area contributed by atoms with E-state index in [0.717, 1.165) is 50.6 Å². The summed E-state index contributed by atoms with van der Waals surface area (Å²) in [6.45, 7) is 22.0. The summed E-state index contributed by atoms with van der Waals surface area (Å²) >= 11 is 0. The van der Waals surface area contributed by atoms with E-state index in [9.17, 15) is 9.59 Å². The van der Waals surface area contributed by atoms with Crippen LogP contribution in [0.1, 0.15) is 76.1 Å². The second-order valence-corrected chi connectivity index (χ2v) is 14.6. The molecule has 0 N–H and O–H groups in total. The first-order valence-corrected chi connectivity index (χ1v) is 20.6. The van der Waals surface area contributed by atoms with E-state index in [1.807, 2.05) is 79.4 Å². The number of nitrogens with zero attached hydrogens (tertiary/aromatic N) is 6. The molecule has 5 aromatic rings. The largest absolute Gasteiger partial charge is 0.459 e. The molecule has 0 aliphatic carbocycles. The summed E-state index contributed by atoms with van der Waals surface area (Å²) in [7, 11) is 0. The van der Waals surface area contributed by atoms with Gasteiger partial charge in [0, 0.05) is 36.3 Å². The summed E-state index contributed by atoms with van der Waals surface area (Å²) in [6, 6.07) is 32.6. The van der Waals surface area contributed by atoms with Crippen LogP contribution in [0.3, 0.4) is 0 Å². The Balaban J connectivity index is 1.38. The van der Waals surface area contributed by atoms with E-state index in [1.54, 1.807) is 48.5 Å². The van der Waals surface area contributed by atoms with Gasteiger partial charge in [-0.2, -0.15) is 9.97 Å². The standard InChI is InChI=1S/C47H58N6O6/c1-9-51(10-2)31-33(5)35(7)56-43(54)37-23-27-41(28-24-37)58-46-48-45(53(39-19-15-13-16-20-39)40-21-17-14-18-22-40)49-47(50-46)59-42-29-25-38(26-30-42)44(55)57-36(8)34(6)32-52(11-3)12-4/h13-30,33-36H,9-12,31-32H2,1-8H3. The Morgan fingerprint density at radius 1 is 0.508 bits per heavy atom. The van der Waals surface area contributed by atoms with Crippen LogP contribution in [-0.4, -0.2) is 88.2 Å². The van der Waals surface area contributed by atoms with Gasteiger partial charge >= 0.3 is 24.0 Å². The van der Waals surface area contributed by atoms with Gasteiger partial charge < -0.3 is 28.7 Å². The van der Waals surface area contributed by atoms with Crippen LogP contribution < -0.4 is 14.4 Å². The number of para-hydroxylation sites is 2. The molecule has 12 nitrogen and oxygen atoms in total.